The number of ether oxygens (including phenoxy) is 4. The summed E-state index contributed by atoms with van der Waals surface area (Å²) in [6, 6.07) is 15.4. The number of carbonyl (C=O) groups excluding carboxylic acids is 8. The first kappa shape index (κ1) is 77.0. The Balaban J connectivity index is 0.00000129. The molecule has 30 heteroatoms. The van der Waals surface area contributed by atoms with Crippen molar-refractivity contribution in [3.63, 3.8) is 0 Å². The molecule has 6 amide bonds. The number of carbonyl (C=O) groups is 8. The lowest BCUT2D eigenvalue weighted by Crippen LogP contribution is -2.52. The van der Waals surface area contributed by atoms with Gasteiger partial charge in [-0.3, -0.25) is 58.8 Å². The third-order valence-electron chi connectivity index (χ3n) is 10.1. The molecule has 87 heavy (non-hydrogen) atoms. The zero-order valence-electron chi connectivity index (χ0n) is 48.5. The quantitative estimate of drug-likeness (QED) is 0.00754. The van der Waals surface area contributed by atoms with Crippen molar-refractivity contribution >= 4 is 94.3 Å². The minimum atomic E-state index is -1.32. The van der Waals surface area contributed by atoms with Crippen LogP contribution in [0.4, 0.5) is 40.3 Å². The normalized spacial score (nSPS) is 10.8. The first-order valence-corrected chi connectivity index (χ1v) is 26.2. The number of halogens is 6. The van der Waals surface area contributed by atoms with Crippen molar-refractivity contribution in [3.8, 4) is 0 Å². The van der Waals surface area contributed by atoms with Crippen molar-refractivity contribution in [3.05, 3.63) is 188 Å². The van der Waals surface area contributed by atoms with Crippen LogP contribution in [0.2, 0.25) is 10.0 Å². The number of aryl methyl sites for hydroxylation is 2. The molecule has 0 spiro atoms. The highest BCUT2D eigenvalue weighted by Crippen LogP contribution is 2.21. The van der Waals surface area contributed by atoms with Gasteiger partial charge in [-0.25, -0.2) is 27.6 Å². The summed E-state index contributed by atoms with van der Waals surface area (Å²) in [4.78, 5) is 120. The van der Waals surface area contributed by atoms with Gasteiger partial charge in [-0.05, 0) is 106 Å². The molecule has 4 rings (SSSR count). The fourth-order valence-corrected chi connectivity index (χ4v) is 6.47. The van der Waals surface area contributed by atoms with Crippen molar-refractivity contribution in [1.29, 1.82) is 0 Å². The van der Waals surface area contributed by atoms with Gasteiger partial charge in [-0.15, -0.1) is 0 Å². The van der Waals surface area contributed by atoms with Gasteiger partial charge < -0.3 is 50.2 Å². The van der Waals surface area contributed by atoms with Crippen molar-refractivity contribution in [2.75, 3.05) is 61.6 Å². The minimum absolute atomic E-state index is 0.0175. The number of nitrogens with two attached hydrogens (primary N) is 2. The van der Waals surface area contributed by atoms with Crippen LogP contribution in [0.15, 0.2) is 156 Å². The van der Waals surface area contributed by atoms with Crippen molar-refractivity contribution in [2.45, 2.75) is 61.1 Å². The summed E-state index contributed by atoms with van der Waals surface area (Å²) in [6.07, 6.45) is 4.36. The largest absolute Gasteiger partial charge is 0.478 e. The van der Waals surface area contributed by atoms with E-state index in [0.717, 1.165) is 20.3 Å². The maximum absolute atomic E-state index is 13.6. The second-order valence-electron chi connectivity index (χ2n) is 16.5. The Hall–Kier alpha value is -9.96. The highest BCUT2D eigenvalue weighted by atomic mass is 35.5. The van der Waals surface area contributed by atoms with E-state index in [2.05, 4.69) is 47.8 Å². The average molecular weight is 1260 g/mol. The Morgan fingerprint density at radius 3 is 1.43 bits per heavy atom. The highest BCUT2D eigenvalue weighted by molar-refractivity contribution is 6.33. The van der Waals surface area contributed by atoms with Crippen LogP contribution in [-0.2, 0) is 63.8 Å². The van der Waals surface area contributed by atoms with Crippen molar-refractivity contribution in [1.82, 2.24) is 30.0 Å². The molecule has 0 fully saturated rings. The van der Waals surface area contributed by atoms with Gasteiger partial charge in [0.2, 0.25) is 12.8 Å². The van der Waals surface area contributed by atoms with E-state index < -0.39 is 120 Å². The van der Waals surface area contributed by atoms with Crippen LogP contribution >= 0.6 is 23.2 Å². The molecule has 0 saturated carbocycles. The molecule has 1 atom stereocenters. The molecular weight excluding hydrogens is 1200 g/mol. The molecular formula is C57H68Cl2F4N10O14. The molecule has 4 aromatic rings. The number of amides is 6. The number of benzene rings is 2. The molecule has 0 aliphatic carbocycles. The monoisotopic (exact) mass is 1260 g/mol. The van der Waals surface area contributed by atoms with E-state index in [4.69, 9.17) is 53.6 Å². The number of hydrazine groups is 2. The number of pyridine rings is 2. The molecule has 1 unspecified atom stereocenters. The van der Waals surface area contributed by atoms with Gasteiger partial charge in [0.25, 0.3) is 34.7 Å². The lowest BCUT2D eigenvalue weighted by Gasteiger charge is -2.25. The van der Waals surface area contributed by atoms with Gasteiger partial charge in [0.1, 0.15) is 37.1 Å². The molecule has 472 valence electrons. The van der Waals surface area contributed by atoms with Gasteiger partial charge in [-0.2, -0.15) is 0 Å². The third kappa shape index (κ3) is 28.0. The predicted octanol–water partition coefficient (Wildman–Crippen LogP) is 7.46. The lowest BCUT2D eigenvalue weighted by atomic mass is 10.2. The van der Waals surface area contributed by atoms with Crippen LogP contribution in [0.5, 0.6) is 0 Å². The minimum Gasteiger partial charge on any atom is -0.478 e. The first-order chi connectivity index (χ1) is 41.1. The summed E-state index contributed by atoms with van der Waals surface area (Å²) in [5, 5.41) is 6.65. The smallest absolute Gasteiger partial charge is 0.327 e. The first-order valence-electron chi connectivity index (χ1n) is 25.5. The zero-order chi connectivity index (χ0) is 66.5. The molecule has 0 bridgehead atoms. The van der Waals surface area contributed by atoms with E-state index in [1.54, 1.807) is 12.1 Å². The van der Waals surface area contributed by atoms with E-state index in [1.165, 1.54) is 57.4 Å². The molecule has 0 aliphatic heterocycles. The Labute approximate surface area is 508 Å². The van der Waals surface area contributed by atoms with Crippen molar-refractivity contribution < 1.29 is 74.9 Å². The lowest BCUT2D eigenvalue weighted by molar-refractivity contribution is -0.155. The Kier molecular flexibility index (Phi) is 36.4. The summed E-state index contributed by atoms with van der Waals surface area (Å²) in [5.74, 6) is -12.8. The third-order valence-corrected chi connectivity index (χ3v) is 10.8. The molecule has 0 radical (unpaired) electrons. The fraction of sp³-hybridized carbons (Fsp3) is 0.263. The summed E-state index contributed by atoms with van der Waals surface area (Å²) in [5.41, 5.74) is 17.1. The number of nitrogens with zero attached hydrogens (tertiary/aromatic N) is 4. The number of esters is 2. The summed E-state index contributed by atoms with van der Waals surface area (Å²) < 4.78 is 74.9. The molecule has 0 aliphatic rings. The number of rotatable bonds is 24. The highest BCUT2D eigenvalue weighted by Gasteiger charge is 2.27. The Morgan fingerprint density at radius 2 is 1.06 bits per heavy atom. The zero-order valence-corrected chi connectivity index (χ0v) is 50.0. The Bertz CT molecular complexity index is 3230. The summed E-state index contributed by atoms with van der Waals surface area (Å²) in [6.45, 7) is 20.1. The van der Waals surface area contributed by atoms with E-state index in [9.17, 15) is 65.5 Å². The number of anilines is 4. The van der Waals surface area contributed by atoms with Crippen LogP contribution < -0.4 is 44.1 Å². The van der Waals surface area contributed by atoms with Gasteiger partial charge in [-0.1, -0.05) is 75.5 Å². The second kappa shape index (κ2) is 41.1. The number of allylic oxidation sites excluding steroid dienone is 6. The van der Waals surface area contributed by atoms with Crippen LogP contribution in [0.3, 0.4) is 0 Å². The number of hydrogen-bond acceptors (Lipinski definition) is 16. The summed E-state index contributed by atoms with van der Waals surface area (Å²) >= 11 is 11.4. The molecule has 24 nitrogen and oxygen atoms in total. The number of hydrogen-bond donors (Lipinski definition) is 6. The molecule has 8 N–H and O–H groups in total. The standard InChI is InChI=1S/C21H24F2N4O7.C20H22F2N4O7.2C7H8ClN.C2H6/c1-5-15(23)19(13(3)22)34-11-17(29)27(10-18(30)33-6-2)25-20(31)14(4)26-9-7-8-16(21(26)32)24-12-28;1-4-14(22)19(13(3)21)33-11-17(29)26(10-18(30)32-5-2)24-16(28)9-25-8-6-7-15(20(25)31)23-12-27;2*1-5-2-3-7(9)6(8)4-5;1-2/h5,7-9,12,14H,1,3,6,10-11H2,2,4H3,(H,24,28)(H,25,31);4,6-8,12H,1,3,5,9-11H2,2H3,(H,23,27)(H,24,28);2*2-4H,9H2,1H3;1-2H3/b19-15-;19-14-;;;. The van der Waals surface area contributed by atoms with Crippen LogP contribution in [0.25, 0.3) is 0 Å². The molecule has 2 aromatic carbocycles. The number of nitrogen functional groups attached to an aromatic ring is 2. The molecule has 0 saturated heterocycles. The van der Waals surface area contributed by atoms with Crippen LogP contribution in [-0.4, -0.2) is 107 Å². The molecule has 2 heterocycles. The molecule has 2 aromatic heterocycles. The SMILES string of the molecule is C=C/C(F)=C(/OCC(=O)N(CC(=O)OCC)NC(=O)C(C)n1cccc(NC=O)c1=O)C(=C)F.C=C/C(F)=C(/OCC(=O)N(CC(=O)OCC)NC(=O)Cn1cccc(NC=O)c1=O)C(=C)F.CC.Cc1ccc(N)c(Cl)c1.Cc1ccc(N)c(Cl)c1. The fourth-order valence-electron chi connectivity index (χ4n) is 6.00. The van der Waals surface area contributed by atoms with Gasteiger partial charge in [0, 0.05) is 12.4 Å². The van der Waals surface area contributed by atoms with Crippen molar-refractivity contribution in [2.24, 2.45) is 0 Å². The van der Waals surface area contributed by atoms with Gasteiger partial charge in [0.05, 0.1) is 34.6 Å². The number of aromatic nitrogens is 2. The Morgan fingerprint density at radius 1 is 0.655 bits per heavy atom. The summed E-state index contributed by atoms with van der Waals surface area (Å²) in [7, 11) is 0. The van der Waals surface area contributed by atoms with Gasteiger partial charge in [0.15, 0.2) is 48.0 Å². The van der Waals surface area contributed by atoms with Crippen LogP contribution in [0, 0.1) is 13.8 Å². The van der Waals surface area contributed by atoms with E-state index in [-0.39, 0.29) is 37.4 Å². The van der Waals surface area contributed by atoms with E-state index in [0.29, 0.717) is 43.6 Å². The van der Waals surface area contributed by atoms with E-state index >= 15 is 0 Å². The van der Waals surface area contributed by atoms with Gasteiger partial charge >= 0.3 is 11.9 Å². The van der Waals surface area contributed by atoms with E-state index in [1.807, 2.05) is 52.0 Å². The van der Waals surface area contributed by atoms with Crippen LogP contribution in [0.1, 0.15) is 51.8 Å². The average Bonchev–Trinajstić information content (AvgIpc) is 3.07. The predicted molar refractivity (Wildman–Crippen MR) is 320 cm³/mol. The maximum Gasteiger partial charge on any atom is 0.327 e. The second-order valence-corrected chi connectivity index (χ2v) is 17.3. The maximum atomic E-state index is 13.6. The number of nitrogens with one attached hydrogen (secondary N) is 4. The topological polar surface area (TPSA) is 324 Å².